The van der Waals surface area contributed by atoms with E-state index in [4.69, 9.17) is 14.2 Å². The van der Waals surface area contributed by atoms with Crippen LogP contribution in [0.3, 0.4) is 0 Å². The maximum atomic E-state index is 12.7. The van der Waals surface area contributed by atoms with E-state index in [9.17, 15) is 14.4 Å². The predicted octanol–water partition coefficient (Wildman–Crippen LogP) is 16.5. The van der Waals surface area contributed by atoms with E-state index < -0.39 is 6.10 Å². The van der Waals surface area contributed by atoms with Crippen LogP contribution in [0, 0.1) is 11.8 Å². The van der Waals surface area contributed by atoms with Gasteiger partial charge in [0.15, 0.2) is 6.10 Å². The number of ether oxygens (including phenoxy) is 3. The summed E-state index contributed by atoms with van der Waals surface area (Å²) >= 11 is 0. The van der Waals surface area contributed by atoms with Crippen LogP contribution in [0.25, 0.3) is 0 Å². The molecular formula is C52H100O6. The number of rotatable bonds is 46. The third-order valence-electron chi connectivity index (χ3n) is 11.7. The summed E-state index contributed by atoms with van der Waals surface area (Å²) in [4.78, 5) is 37.6. The van der Waals surface area contributed by atoms with Crippen LogP contribution in [0.15, 0.2) is 0 Å². The van der Waals surface area contributed by atoms with Crippen molar-refractivity contribution in [2.75, 3.05) is 13.2 Å². The number of hydrogen-bond donors (Lipinski definition) is 0. The molecule has 0 heterocycles. The van der Waals surface area contributed by atoms with Crippen molar-refractivity contribution in [3.8, 4) is 0 Å². The Hall–Kier alpha value is -1.59. The normalized spacial score (nSPS) is 12.1. The Kier molecular flexibility index (Phi) is 43.7. The summed E-state index contributed by atoms with van der Waals surface area (Å²) in [5.41, 5.74) is 0. The van der Waals surface area contributed by atoms with Crippen LogP contribution in [0.2, 0.25) is 0 Å². The van der Waals surface area contributed by atoms with Gasteiger partial charge in [-0.3, -0.25) is 14.4 Å². The summed E-state index contributed by atoms with van der Waals surface area (Å²) in [6.07, 6.45) is 45.5. The Balaban J connectivity index is 4.10. The summed E-state index contributed by atoms with van der Waals surface area (Å²) in [6, 6.07) is 0. The summed E-state index contributed by atoms with van der Waals surface area (Å²) in [5.74, 6) is 0.831. The number of hydrogen-bond acceptors (Lipinski definition) is 6. The van der Waals surface area contributed by atoms with E-state index in [-0.39, 0.29) is 31.1 Å². The van der Waals surface area contributed by atoms with Gasteiger partial charge >= 0.3 is 17.9 Å². The average molecular weight is 821 g/mol. The van der Waals surface area contributed by atoms with Crippen molar-refractivity contribution in [2.45, 2.75) is 291 Å². The first-order chi connectivity index (χ1) is 28.2. The first-order valence-corrected chi connectivity index (χ1v) is 25.7. The van der Waals surface area contributed by atoms with Gasteiger partial charge in [-0.2, -0.15) is 0 Å². The topological polar surface area (TPSA) is 78.9 Å². The molecule has 0 saturated carbocycles. The van der Waals surface area contributed by atoms with Gasteiger partial charge in [0.25, 0.3) is 0 Å². The van der Waals surface area contributed by atoms with Crippen LogP contribution < -0.4 is 0 Å². The lowest BCUT2D eigenvalue weighted by Gasteiger charge is -2.18. The van der Waals surface area contributed by atoms with Gasteiger partial charge in [-0.1, -0.05) is 247 Å². The summed E-state index contributed by atoms with van der Waals surface area (Å²) < 4.78 is 16.7. The minimum atomic E-state index is -0.759. The van der Waals surface area contributed by atoms with Crippen LogP contribution in [-0.4, -0.2) is 37.2 Å². The highest BCUT2D eigenvalue weighted by Crippen LogP contribution is 2.17. The number of carbonyl (C=O) groups is 3. The lowest BCUT2D eigenvalue weighted by atomic mass is 10.0. The van der Waals surface area contributed by atoms with Gasteiger partial charge in [0.1, 0.15) is 13.2 Å². The molecule has 0 unspecified atom stereocenters. The molecule has 58 heavy (non-hydrogen) atoms. The second-order valence-corrected chi connectivity index (χ2v) is 18.8. The molecule has 344 valence electrons. The van der Waals surface area contributed by atoms with Gasteiger partial charge in [0.2, 0.25) is 0 Å². The summed E-state index contributed by atoms with van der Waals surface area (Å²) in [7, 11) is 0. The Bertz CT molecular complexity index is 885. The average Bonchev–Trinajstić information content (AvgIpc) is 3.19. The predicted molar refractivity (Wildman–Crippen MR) is 247 cm³/mol. The van der Waals surface area contributed by atoms with Crippen molar-refractivity contribution in [1.82, 2.24) is 0 Å². The highest BCUT2D eigenvalue weighted by molar-refractivity contribution is 5.71. The van der Waals surface area contributed by atoms with Crippen molar-refractivity contribution in [3.63, 3.8) is 0 Å². The molecule has 6 heteroatoms. The zero-order chi connectivity index (χ0) is 42.6. The minimum absolute atomic E-state index is 0.0645. The lowest BCUT2D eigenvalue weighted by Crippen LogP contribution is -2.30. The Labute approximate surface area is 361 Å². The molecule has 1 atom stereocenters. The van der Waals surface area contributed by atoms with Crippen molar-refractivity contribution in [3.05, 3.63) is 0 Å². The highest BCUT2D eigenvalue weighted by atomic mass is 16.6. The highest BCUT2D eigenvalue weighted by Gasteiger charge is 2.19. The Morgan fingerprint density at radius 1 is 0.328 bits per heavy atom. The molecule has 0 spiro atoms. The molecule has 0 amide bonds. The monoisotopic (exact) mass is 821 g/mol. The van der Waals surface area contributed by atoms with E-state index in [0.717, 1.165) is 76.0 Å². The van der Waals surface area contributed by atoms with E-state index in [2.05, 4.69) is 34.6 Å². The van der Waals surface area contributed by atoms with Crippen molar-refractivity contribution >= 4 is 17.9 Å². The van der Waals surface area contributed by atoms with E-state index in [1.54, 1.807) is 0 Å². The van der Waals surface area contributed by atoms with E-state index in [0.29, 0.717) is 19.3 Å². The second-order valence-electron chi connectivity index (χ2n) is 18.8. The molecule has 0 aromatic rings. The molecule has 0 rings (SSSR count). The van der Waals surface area contributed by atoms with Crippen molar-refractivity contribution in [2.24, 2.45) is 11.8 Å². The van der Waals surface area contributed by atoms with Gasteiger partial charge in [-0.05, 0) is 31.1 Å². The van der Waals surface area contributed by atoms with Crippen LogP contribution >= 0.6 is 0 Å². The molecule has 0 aliphatic carbocycles. The zero-order valence-corrected chi connectivity index (χ0v) is 39.7. The SMILES string of the molecule is CCCCCCCC(=O)OC[C@@H](COC(=O)CCCCCCCCCCCCCCCCCC(C)C)OC(=O)CCCCCCCCCCCCCCCCC(C)C. The fourth-order valence-electron chi connectivity index (χ4n) is 7.81. The van der Waals surface area contributed by atoms with Gasteiger partial charge in [-0.15, -0.1) is 0 Å². The van der Waals surface area contributed by atoms with Gasteiger partial charge in [0, 0.05) is 19.3 Å². The maximum absolute atomic E-state index is 12.7. The summed E-state index contributed by atoms with van der Waals surface area (Å²) in [5, 5.41) is 0. The molecule has 0 aliphatic rings. The molecule has 0 aromatic heterocycles. The van der Waals surface area contributed by atoms with Gasteiger partial charge in [-0.25, -0.2) is 0 Å². The fraction of sp³-hybridized carbons (Fsp3) is 0.942. The van der Waals surface area contributed by atoms with Gasteiger partial charge in [0.05, 0.1) is 0 Å². The standard InChI is InChI=1S/C52H100O6/c1-6-7-8-30-37-42-50(53)56-45-49(58-52(55)44-39-34-29-25-21-17-13-12-15-19-23-27-32-36-41-48(4)5)46-57-51(54)43-38-33-28-24-20-16-11-9-10-14-18-22-26-31-35-40-47(2)3/h47-49H,6-46H2,1-5H3/t49-/m0/s1. The molecular weight excluding hydrogens is 721 g/mol. The Morgan fingerprint density at radius 3 is 0.845 bits per heavy atom. The third kappa shape index (κ3) is 45.5. The van der Waals surface area contributed by atoms with Crippen molar-refractivity contribution in [1.29, 1.82) is 0 Å². The number of carbonyl (C=O) groups excluding carboxylic acids is 3. The van der Waals surface area contributed by atoms with E-state index >= 15 is 0 Å². The van der Waals surface area contributed by atoms with Crippen molar-refractivity contribution < 1.29 is 28.6 Å². The molecule has 0 radical (unpaired) electrons. The lowest BCUT2D eigenvalue weighted by molar-refractivity contribution is -0.167. The first kappa shape index (κ1) is 56.4. The molecule has 0 bridgehead atoms. The molecule has 0 aromatic carbocycles. The fourth-order valence-corrected chi connectivity index (χ4v) is 7.81. The molecule has 6 nitrogen and oxygen atoms in total. The van der Waals surface area contributed by atoms with Crippen LogP contribution in [0.1, 0.15) is 285 Å². The zero-order valence-electron chi connectivity index (χ0n) is 39.7. The maximum Gasteiger partial charge on any atom is 0.306 e. The Morgan fingerprint density at radius 2 is 0.569 bits per heavy atom. The quantitative estimate of drug-likeness (QED) is 0.0346. The molecule has 0 saturated heterocycles. The van der Waals surface area contributed by atoms with Gasteiger partial charge < -0.3 is 14.2 Å². The largest absolute Gasteiger partial charge is 0.462 e. The first-order valence-electron chi connectivity index (χ1n) is 25.7. The van der Waals surface area contributed by atoms with Crippen LogP contribution in [0.4, 0.5) is 0 Å². The molecule has 0 aliphatic heterocycles. The number of esters is 3. The molecule has 0 N–H and O–H groups in total. The smallest absolute Gasteiger partial charge is 0.306 e. The van der Waals surface area contributed by atoms with E-state index in [1.165, 1.54) is 167 Å². The second kappa shape index (κ2) is 44.9. The minimum Gasteiger partial charge on any atom is -0.462 e. The van der Waals surface area contributed by atoms with Crippen LogP contribution in [-0.2, 0) is 28.6 Å². The third-order valence-corrected chi connectivity index (χ3v) is 11.7. The summed E-state index contributed by atoms with van der Waals surface area (Å²) in [6.45, 7) is 11.3. The van der Waals surface area contributed by atoms with E-state index in [1.807, 2.05) is 0 Å². The van der Waals surface area contributed by atoms with Crippen LogP contribution in [0.5, 0.6) is 0 Å². The molecule has 0 fully saturated rings. The number of unbranched alkanes of at least 4 members (excludes halogenated alkanes) is 31.